The molecular weight excluding hydrogens is 336 g/mol. The molecular formula is C19H20N2O5. The van der Waals surface area contributed by atoms with E-state index in [0.717, 1.165) is 5.56 Å². The smallest absolute Gasteiger partial charge is 0.255 e. The van der Waals surface area contributed by atoms with Crippen molar-refractivity contribution in [2.24, 2.45) is 0 Å². The number of carbonyl (C=O) groups is 2. The number of methoxy groups -OCH3 is 1. The number of fused-ring (bicyclic) bond motifs is 1. The molecule has 0 aromatic heterocycles. The third-order valence-corrected chi connectivity index (χ3v) is 4.00. The molecule has 7 heteroatoms. The van der Waals surface area contributed by atoms with Gasteiger partial charge in [0.15, 0.2) is 11.5 Å². The highest BCUT2D eigenvalue weighted by atomic mass is 16.7. The molecule has 0 saturated carbocycles. The van der Waals surface area contributed by atoms with E-state index in [4.69, 9.17) is 14.2 Å². The van der Waals surface area contributed by atoms with Gasteiger partial charge in [0.2, 0.25) is 12.7 Å². The Balaban J connectivity index is 1.55. The Hall–Kier alpha value is -3.22. The lowest BCUT2D eigenvalue weighted by atomic mass is 10.1. The number of nitrogens with one attached hydrogen (secondary N) is 2. The molecule has 2 aromatic rings. The predicted octanol–water partition coefficient (Wildman–Crippen LogP) is 1.86. The van der Waals surface area contributed by atoms with Crippen LogP contribution in [0.2, 0.25) is 0 Å². The van der Waals surface area contributed by atoms with E-state index in [9.17, 15) is 9.59 Å². The second-order valence-corrected chi connectivity index (χ2v) is 5.80. The van der Waals surface area contributed by atoms with Crippen molar-refractivity contribution >= 4 is 11.8 Å². The number of carbonyl (C=O) groups excluding carboxylic acids is 2. The van der Waals surface area contributed by atoms with E-state index in [-0.39, 0.29) is 18.6 Å². The molecule has 1 aliphatic heterocycles. The van der Waals surface area contributed by atoms with Crippen molar-refractivity contribution in [3.8, 4) is 17.2 Å². The normalized spacial score (nSPS) is 13.0. The molecule has 3 rings (SSSR count). The van der Waals surface area contributed by atoms with Gasteiger partial charge in [0.25, 0.3) is 5.91 Å². The molecule has 0 spiro atoms. The van der Waals surface area contributed by atoms with E-state index in [1.165, 1.54) is 7.11 Å². The maximum absolute atomic E-state index is 12.3. The van der Waals surface area contributed by atoms with Crippen molar-refractivity contribution in [3.63, 3.8) is 0 Å². The minimum atomic E-state index is -0.693. The molecule has 26 heavy (non-hydrogen) atoms. The third kappa shape index (κ3) is 3.88. The predicted molar refractivity (Wildman–Crippen MR) is 94.3 cm³/mol. The van der Waals surface area contributed by atoms with E-state index >= 15 is 0 Å². The van der Waals surface area contributed by atoms with Gasteiger partial charge in [-0.05, 0) is 36.8 Å². The van der Waals surface area contributed by atoms with Crippen LogP contribution in [0.3, 0.4) is 0 Å². The summed E-state index contributed by atoms with van der Waals surface area (Å²) < 4.78 is 15.7. The monoisotopic (exact) mass is 356 g/mol. The van der Waals surface area contributed by atoms with Crippen molar-refractivity contribution in [2.75, 3.05) is 13.9 Å². The number of amides is 2. The fourth-order valence-electron chi connectivity index (χ4n) is 2.57. The summed E-state index contributed by atoms with van der Waals surface area (Å²) in [5.74, 6) is 1.16. The zero-order chi connectivity index (χ0) is 18.5. The van der Waals surface area contributed by atoms with Crippen LogP contribution in [-0.2, 0) is 11.3 Å². The Morgan fingerprint density at radius 3 is 2.73 bits per heavy atom. The maximum atomic E-state index is 12.3. The molecule has 1 heterocycles. The molecule has 2 N–H and O–H groups in total. The Labute approximate surface area is 151 Å². The lowest BCUT2D eigenvalue weighted by Crippen LogP contribution is -2.44. The summed E-state index contributed by atoms with van der Waals surface area (Å²) in [6.07, 6.45) is 0. The van der Waals surface area contributed by atoms with E-state index in [2.05, 4.69) is 10.6 Å². The zero-order valence-corrected chi connectivity index (χ0v) is 14.6. The Morgan fingerprint density at radius 1 is 1.15 bits per heavy atom. The van der Waals surface area contributed by atoms with Crippen LogP contribution in [0.4, 0.5) is 0 Å². The fourth-order valence-corrected chi connectivity index (χ4v) is 2.57. The molecule has 0 saturated heterocycles. The molecule has 0 fully saturated rings. The fraction of sp³-hybridized carbons (Fsp3) is 0.263. The molecule has 0 unspecified atom stereocenters. The van der Waals surface area contributed by atoms with Crippen molar-refractivity contribution in [1.82, 2.24) is 10.6 Å². The topological polar surface area (TPSA) is 85.9 Å². The van der Waals surface area contributed by atoms with Gasteiger partial charge in [-0.25, -0.2) is 0 Å². The van der Waals surface area contributed by atoms with Crippen molar-refractivity contribution < 1.29 is 23.8 Å². The van der Waals surface area contributed by atoms with Crippen LogP contribution in [0, 0.1) is 0 Å². The third-order valence-electron chi connectivity index (χ3n) is 4.00. The summed E-state index contributed by atoms with van der Waals surface area (Å²) in [7, 11) is 1.49. The largest absolute Gasteiger partial charge is 0.496 e. The first-order chi connectivity index (χ1) is 12.6. The minimum Gasteiger partial charge on any atom is -0.496 e. The zero-order valence-electron chi connectivity index (χ0n) is 14.6. The van der Waals surface area contributed by atoms with Crippen LogP contribution in [0.1, 0.15) is 22.8 Å². The Bertz CT molecular complexity index is 821. The molecule has 1 atom stereocenters. The molecule has 2 aromatic carbocycles. The van der Waals surface area contributed by atoms with Gasteiger partial charge >= 0.3 is 0 Å². The van der Waals surface area contributed by atoms with E-state index in [1.807, 2.05) is 12.1 Å². The molecule has 1 aliphatic rings. The number of benzene rings is 2. The van der Waals surface area contributed by atoms with Crippen LogP contribution < -0.4 is 24.8 Å². The van der Waals surface area contributed by atoms with Gasteiger partial charge in [-0.2, -0.15) is 0 Å². The highest BCUT2D eigenvalue weighted by molar-refractivity contribution is 5.99. The molecule has 136 valence electrons. The SMILES string of the molecule is COc1ccccc1C(=O)N[C@@H](C)C(=O)NCc1ccc2c(c1)OCO2. The maximum Gasteiger partial charge on any atom is 0.255 e. The molecule has 0 bridgehead atoms. The van der Waals surface area contributed by atoms with Gasteiger partial charge in [0, 0.05) is 6.54 Å². The summed E-state index contributed by atoms with van der Waals surface area (Å²) in [4.78, 5) is 24.6. The molecule has 2 amide bonds. The number of ether oxygens (including phenoxy) is 3. The lowest BCUT2D eigenvalue weighted by Gasteiger charge is -2.15. The summed E-state index contributed by atoms with van der Waals surface area (Å²) in [5, 5.41) is 5.47. The van der Waals surface area contributed by atoms with Crippen molar-refractivity contribution in [3.05, 3.63) is 53.6 Å². The molecule has 0 radical (unpaired) electrons. The molecule has 0 aliphatic carbocycles. The number of hydrogen-bond acceptors (Lipinski definition) is 5. The van der Waals surface area contributed by atoms with Gasteiger partial charge < -0.3 is 24.8 Å². The Kier molecular flexibility index (Phi) is 5.26. The average molecular weight is 356 g/mol. The van der Waals surface area contributed by atoms with Gasteiger partial charge in [0.05, 0.1) is 12.7 Å². The van der Waals surface area contributed by atoms with Crippen LogP contribution in [0.15, 0.2) is 42.5 Å². The highest BCUT2D eigenvalue weighted by Gasteiger charge is 2.19. The van der Waals surface area contributed by atoms with Crippen LogP contribution >= 0.6 is 0 Å². The minimum absolute atomic E-state index is 0.206. The second kappa shape index (κ2) is 7.77. The van der Waals surface area contributed by atoms with E-state index < -0.39 is 6.04 Å². The summed E-state index contributed by atoms with van der Waals surface area (Å²) >= 11 is 0. The average Bonchev–Trinajstić information content (AvgIpc) is 3.13. The summed E-state index contributed by atoms with van der Waals surface area (Å²) in [6, 6.07) is 11.6. The van der Waals surface area contributed by atoms with Gasteiger partial charge in [-0.1, -0.05) is 18.2 Å². The van der Waals surface area contributed by atoms with E-state index in [1.54, 1.807) is 37.3 Å². The van der Waals surface area contributed by atoms with Gasteiger partial charge in [0.1, 0.15) is 11.8 Å². The van der Waals surface area contributed by atoms with Crippen LogP contribution in [0.25, 0.3) is 0 Å². The summed E-state index contributed by atoms with van der Waals surface area (Å²) in [5.41, 5.74) is 1.26. The second-order valence-electron chi connectivity index (χ2n) is 5.80. The highest BCUT2D eigenvalue weighted by Crippen LogP contribution is 2.32. The number of hydrogen-bond donors (Lipinski definition) is 2. The number of para-hydroxylation sites is 1. The first kappa shape index (κ1) is 17.6. The van der Waals surface area contributed by atoms with Gasteiger partial charge in [-0.3, -0.25) is 9.59 Å². The van der Waals surface area contributed by atoms with E-state index in [0.29, 0.717) is 29.4 Å². The first-order valence-corrected chi connectivity index (χ1v) is 8.18. The quantitative estimate of drug-likeness (QED) is 0.825. The van der Waals surface area contributed by atoms with Crippen LogP contribution in [-0.4, -0.2) is 31.8 Å². The van der Waals surface area contributed by atoms with Crippen molar-refractivity contribution in [1.29, 1.82) is 0 Å². The van der Waals surface area contributed by atoms with Crippen molar-refractivity contribution in [2.45, 2.75) is 19.5 Å². The Morgan fingerprint density at radius 2 is 1.92 bits per heavy atom. The standard InChI is InChI=1S/C19H20N2O5/c1-12(21-19(23)14-5-3-4-6-15(14)24-2)18(22)20-10-13-7-8-16-17(9-13)26-11-25-16/h3-9,12H,10-11H2,1-2H3,(H,20,22)(H,21,23)/t12-/m0/s1. The summed E-state index contributed by atoms with van der Waals surface area (Å²) in [6.45, 7) is 2.16. The number of rotatable bonds is 6. The lowest BCUT2D eigenvalue weighted by molar-refractivity contribution is -0.122. The molecule has 7 nitrogen and oxygen atoms in total. The first-order valence-electron chi connectivity index (χ1n) is 8.18. The van der Waals surface area contributed by atoms with Gasteiger partial charge in [-0.15, -0.1) is 0 Å². The van der Waals surface area contributed by atoms with Crippen LogP contribution in [0.5, 0.6) is 17.2 Å².